The number of benzene rings is 3. The summed E-state index contributed by atoms with van der Waals surface area (Å²) in [4.78, 5) is 13.6. The number of hydrogen-bond donors (Lipinski definition) is 1. The first-order valence-electron chi connectivity index (χ1n) is 11.2. The predicted molar refractivity (Wildman–Crippen MR) is 140 cm³/mol. The molecule has 4 nitrogen and oxygen atoms in total. The van der Waals surface area contributed by atoms with Crippen LogP contribution in [0.3, 0.4) is 0 Å². The molecule has 0 aromatic heterocycles. The zero-order valence-corrected chi connectivity index (χ0v) is 21.8. The van der Waals surface area contributed by atoms with E-state index in [2.05, 4.69) is 11.4 Å². The van der Waals surface area contributed by atoms with Crippen LogP contribution in [0, 0.1) is 11.3 Å². The van der Waals surface area contributed by atoms with Gasteiger partial charge in [-0.3, -0.25) is 10.1 Å². The van der Waals surface area contributed by atoms with Crippen LogP contribution in [0.4, 0.5) is 0 Å². The van der Waals surface area contributed by atoms with Crippen molar-refractivity contribution in [3.63, 3.8) is 0 Å². The lowest BCUT2D eigenvalue weighted by atomic mass is 9.64. The molecule has 0 radical (unpaired) electrons. The van der Waals surface area contributed by atoms with Crippen molar-refractivity contribution >= 4 is 40.8 Å². The van der Waals surface area contributed by atoms with Crippen LogP contribution >= 0.6 is 34.8 Å². The van der Waals surface area contributed by atoms with Gasteiger partial charge in [-0.1, -0.05) is 71.2 Å². The normalized spacial score (nSPS) is 24.1. The van der Waals surface area contributed by atoms with E-state index in [-0.39, 0.29) is 0 Å². The van der Waals surface area contributed by atoms with E-state index in [1.54, 1.807) is 30.3 Å². The number of nitrogens with one attached hydrogen (secondary N) is 1. The van der Waals surface area contributed by atoms with Crippen LogP contribution in [0.1, 0.15) is 49.4 Å². The fraction of sp³-hybridized carbons (Fsp3) is 0.286. The molecule has 180 valence electrons. The molecular formula is C28H25Cl3N2O2. The van der Waals surface area contributed by atoms with Gasteiger partial charge in [0.2, 0.25) is 0 Å². The average molecular weight is 528 g/mol. The number of nitriles is 1. The molecule has 3 aromatic rings. The van der Waals surface area contributed by atoms with Crippen LogP contribution in [0.15, 0.2) is 72.8 Å². The Morgan fingerprint density at radius 2 is 1.49 bits per heavy atom. The first-order chi connectivity index (χ1) is 16.5. The number of nitrogens with zero attached hydrogens (tertiary/aromatic N) is 1. The van der Waals surface area contributed by atoms with E-state index in [9.17, 15) is 10.1 Å². The first kappa shape index (κ1) is 25.5. The van der Waals surface area contributed by atoms with E-state index in [0.29, 0.717) is 15.1 Å². The van der Waals surface area contributed by atoms with Gasteiger partial charge in [-0.2, -0.15) is 5.26 Å². The SMILES string of the molecule is CC(C)(C)OC(=O)C1NC(c2cccc(Cl)c2)C(C#N)(c2ccc(Cl)cc2)C1c1cccc(Cl)c1. The summed E-state index contributed by atoms with van der Waals surface area (Å²) < 4.78 is 5.81. The highest BCUT2D eigenvalue weighted by molar-refractivity contribution is 6.31. The minimum Gasteiger partial charge on any atom is -0.459 e. The van der Waals surface area contributed by atoms with E-state index in [4.69, 9.17) is 39.5 Å². The lowest BCUT2D eigenvalue weighted by Gasteiger charge is -2.35. The van der Waals surface area contributed by atoms with Gasteiger partial charge >= 0.3 is 5.97 Å². The van der Waals surface area contributed by atoms with Crippen LogP contribution in [-0.4, -0.2) is 17.6 Å². The second kappa shape index (κ2) is 9.84. The summed E-state index contributed by atoms with van der Waals surface area (Å²) in [6.07, 6.45) is 0. The number of carbonyl (C=O) groups is 1. The van der Waals surface area contributed by atoms with E-state index >= 15 is 0 Å². The minimum atomic E-state index is -1.21. The maximum Gasteiger partial charge on any atom is 0.324 e. The van der Waals surface area contributed by atoms with Crippen molar-refractivity contribution < 1.29 is 9.53 Å². The Hall–Kier alpha value is -2.55. The third-order valence-electron chi connectivity index (χ3n) is 6.18. The van der Waals surface area contributed by atoms with Crippen LogP contribution in [0.2, 0.25) is 15.1 Å². The molecule has 1 N–H and O–H groups in total. The van der Waals surface area contributed by atoms with E-state index in [1.807, 2.05) is 63.2 Å². The quantitative estimate of drug-likeness (QED) is 0.363. The molecule has 0 saturated carbocycles. The van der Waals surface area contributed by atoms with Crippen LogP contribution in [-0.2, 0) is 14.9 Å². The van der Waals surface area contributed by atoms with Crippen molar-refractivity contribution in [1.82, 2.24) is 5.32 Å². The zero-order chi connectivity index (χ0) is 25.4. The van der Waals surface area contributed by atoms with E-state index in [0.717, 1.165) is 16.7 Å². The van der Waals surface area contributed by atoms with Gasteiger partial charge < -0.3 is 4.74 Å². The van der Waals surface area contributed by atoms with Gasteiger partial charge in [0, 0.05) is 21.0 Å². The summed E-state index contributed by atoms with van der Waals surface area (Å²) in [5.41, 5.74) is 0.343. The topological polar surface area (TPSA) is 62.1 Å². The maximum absolute atomic E-state index is 13.6. The molecule has 1 heterocycles. The zero-order valence-electron chi connectivity index (χ0n) is 19.6. The molecule has 1 saturated heterocycles. The molecule has 1 fully saturated rings. The molecular weight excluding hydrogens is 503 g/mol. The number of hydrogen-bond acceptors (Lipinski definition) is 4. The lowest BCUT2D eigenvalue weighted by Crippen LogP contribution is -2.41. The molecule has 0 aliphatic carbocycles. The Kier molecular flexibility index (Phi) is 7.18. The molecule has 0 bridgehead atoms. The summed E-state index contributed by atoms with van der Waals surface area (Å²) in [6.45, 7) is 5.46. The largest absolute Gasteiger partial charge is 0.459 e. The molecule has 4 rings (SSSR count). The van der Waals surface area contributed by atoms with Crippen molar-refractivity contribution in [3.05, 3.63) is 105 Å². The molecule has 1 aliphatic heterocycles. The minimum absolute atomic E-state index is 0.444. The molecule has 4 unspecified atom stereocenters. The molecule has 1 aliphatic rings. The van der Waals surface area contributed by atoms with Crippen LogP contribution in [0.25, 0.3) is 0 Å². The predicted octanol–water partition coefficient (Wildman–Crippen LogP) is 7.25. The monoisotopic (exact) mass is 526 g/mol. The van der Waals surface area contributed by atoms with Crippen LogP contribution in [0.5, 0.6) is 0 Å². The van der Waals surface area contributed by atoms with Crippen molar-refractivity contribution in [2.24, 2.45) is 0 Å². The summed E-state index contributed by atoms with van der Waals surface area (Å²) in [6, 6.07) is 23.0. The summed E-state index contributed by atoms with van der Waals surface area (Å²) in [5.74, 6) is -1.06. The van der Waals surface area contributed by atoms with Crippen LogP contribution < -0.4 is 5.32 Å². The Bertz CT molecular complexity index is 1280. The molecule has 0 spiro atoms. The third-order valence-corrected chi connectivity index (χ3v) is 6.91. The first-order valence-corrected chi connectivity index (χ1v) is 12.4. The van der Waals surface area contributed by atoms with Crippen molar-refractivity contribution in [2.45, 2.75) is 49.8 Å². The van der Waals surface area contributed by atoms with Gasteiger partial charge in [0.1, 0.15) is 17.1 Å². The molecule has 35 heavy (non-hydrogen) atoms. The molecule has 4 atom stereocenters. The smallest absolute Gasteiger partial charge is 0.324 e. The van der Waals surface area contributed by atoms with Crippen molar-refractivity contribution in [3.8, 4) is 6.07 Å². The summed E-state index contributed by atoms with van der Waals surface area (Å²) in [7, 11) is 0. The van der Waals surface area contributed by atoms with Gasteiger partial charge in [0.15, 0.2) is 0 Å². The van der Waals surface area contributed by atoms with E-state index in [1.165, 1.54) is 0 Å². The summed E-state index contributed by atoms with van der Waals surface area (Å²) in [5, 5.41) is 16.0. The fourth-order valence-electron chi connectivity index (χ4n) is 4.89. The summed E-state index contributed by atoms with van der Waals surface area (Å²) >= 11 is 18.9. The maximum atomic E-state index is 13.6. The highest BCUT2D eigenvalue weighted by Crippen LogP contribution is 2.55. The van der Waals surface area contributed by atoms with Crippen molar-refractivity contribution in [1.29, 1.82) is 5.26 Å². The van der Waals surface area contributed by atoms with Gasteiger partial charge in [0.25, 0.3) is 0 Å². The van der Waals surface area contributed by atoms with Gasteiger partial charge in [0.05, 0.1) is 12.1 Å². The number of ether oxygens (including phenoxy) is 1. The standard InChI is InChI=1S/C28H25Cl3N2O2/c1-27(2,3)35-26(34)24-23(17-6-4-8-21(30)14-17)28(16-32,19-10-12-20(29)13-11-19)25(33-24)18-7-5-9-22(31)15-18/h4-15,23-25,33H,1-3H3. The van der Waals surface area contributed by atoms with Gasteiger partial charge in [-0.05, 0) is 73.9 Å². The average Bonchev–Trinajstić information content (AvgIpc) is 3.15. The van der Waals surface area contributed by atoms with E-state index < -0.39 is 35.0 Å². The Balaban J connectivity index is 2.00. The Morgan fingerprint density at radius 1 is 0.914 bits per heavy atom. The van der Waals surface area contributed by atoms with Crippen molar-refractivity contribution in [2.75, 3.05) is 0 Å². The fourth-order valence-corrected chi connectivity index (χ4v) is 5.41. The highest BCUT2D eigenvalue weighted by Gasteiger charge is 2.60. The molecule has 0 amide bonds. The molecule has 3 aromatic carbocycles. The highest BCUT2D eigenvalue weighted by atomic mass is 35.5. The second-order valence-corrected chi connectivity index (χ2v) is 11.0. The Labute approximate surface area is 220 Å². The Morgan fingerprint density at radius 3 is 2.03 bits per heavy atom. The number of carbonyl (C=O) groups excluding carboxylic acids is 1. The third kappa shape index (κ3) is 5.06. The lowest BCUT2D eigenvalue weighted by molar-refractivity contribution is -0.157. The molecule has 7 heteroatoms. The second-order valence-electron chi connectivity index (χ2n) is 9.69. The number of rotatable bonds is 4. The number of esters is 1. The van der Waals surface area contributed by atoms with Gasteiger partial charge in [-0.25, -0.2) is 0 Å². The van der Waals surface area contributed by atoms with Gasteiger partial charge in [-0.15, -0.1) is 0 Å². The number of halogens is 3.